The molecule has 7 nitrogen and oxygen atoms in total. The van der Waals surface area contributed by atoms with Crippen molar-refractivity contribution in [1.82, 2.24) is 10.3 Å². The van der Waals surface area contributed by atoms with Gasteiger partial charge >= 0.3 is 5.97 Å². The minimum Gasteiger partial charge on any atom is -0.465 e. The van der Waals surface area contributed by atoms with Gasteiger partial charge in [0.25, 0.3) is 5.91 Å². The van der Waals surface area contributed by atoms with Crippen molar-refractivity contribution in [2.45, 2.75) is 45.2 Å². The minimum atomic E-state index is -0.441. The number of H-pyrrole nitrogens is 1. The quantitative estimate of drug-likeness (QED) is 0.566. The summed E-state index contributed by atoms with van der Waals surface area (Å²) in [4.78, 5) is 27.3. The maximum Gasteiger partial charge on any atom is 0.339 e. The van der Waals surface area contributed by atoms with Gasteiger partial charge in [0.2, 0.25) is 0 Å². The van der Waals surface area contributed by atoms with Gasteiger partial charge in [-0.05, 0) is 18.9 Å². The summed E-state index contributed by atoms with van der Waals surface area (Å²) in [6.45, 7) is 4.07. The summed E-state index contributed by atoms with van der Waals surface area (Å²) in [5.74, 6) is 1.87. The predicted octanol–water partition coefficient (Wildman–Crippen LogP) is 2.37. The van der Waals surface area contributed by atoms with E-state index in [-0.39, 0.29) is 5.91 Å². The van der Waals surface area contributed by atoms with Crippen molar-refractivity contribution >= 4 is 11.9 Å². The van der Waals surface area contributed by atoms with Crippen LogP contribution >= 0.6 is 0 Å². The van der Waals surface area contributed by atoms with Gasteiger partial charge in [0, 0.05) is 31.5 Å². The van der Waals surface area contributed by atoms with Crippen molar-refractivity contribution in [1.29, 1.82) is 0 Å². The Labute approximate surface area is 141 Å². The number of hydrogen-bond donors (Lipinski definition) is 2. The Bertz CT molecular complexity index is 706. The normalized spacial score (nSPS) is 14.1. The standard InChI is InChI=1S/C17H22N4O3/c1-5-7-8-17(20-21-17)9-10-18-15(22)14-11(3)13(16(23)24-4)12(6-2)19-14/h1,19H,6-10H2,2-4H3,(H,18,22). The first kappa shape index (κ1) is 17.7. The van der Waals surface area contributed by atoms with E-state index in [1.807, 2.05) is 6.92 Å². The van der Waals surface area contributed by atoms with Crippen molar-refractivity contribution in [2.24, 2.45) is 10.2 Å². The number of aromatic nitrogens is 1. The fourth-order valence-corrected chi connectivity index (χ4v) is 2.66. The lowest BCUT2D eigenvalue weighted by molar-refractivity contribution is 0.0599. The molecule has 2 N–H and O–H groups in total. The van der Waals surface area contributed by atoms with Gasteiger partial charge in [-0.2, -0.15) is 10.2 Å². The highest BCUT2D eigenvalue weighted by Gasteiger charge is 2.38. The van der Waals surface area contributed by atoms with Gasteiger partial charge in [0.15, 0.2) is 5.66 Å². The van der Waals surface area contributed by atoms with Crippen LogP contribution in [0.5, 0.6) is 0 Å². The molecule has 1 aliphatic rings. The van der Waals surface area contributed by atoms with Gasteiger partial charge in [-0.25, -0.2) is 4.79 Å². The van der Waals surface area contributed by atoms with E-state index in [9.17, 15) is 9.59 Å². The smallest absolute Gasteiger partial charge is 0.339 e. The molecule has 0 aliphatic carbocycles. The molecule has 128 valence electrons. The number of aromatic amines is 1. The van der Waals surface area contributed by atoms with Crippen LogP contribution in [-0.4, -0.2) is 36.2 Å². The topological polar surface area (TPSA) is 95.9 Å². The zero-order chi connectivity index (χ0) is 17.7. The van der Waals surface area contributed by atoms with Crippen LogP contribution in [0.25, 0.3) is 0 Å². The number of nitrogens with one attached hydrogen (secondary N) is 2. The maximum atomic E-state index is 12.4. The van der Waals surface area contributed by atoms with Crippen LogP contribution in [0.1, 0.15) is 58.3 Å². The largest absolute Gasteiger partial charge is 0.465 e. The summed E-state index contributed by atoms with van der Waals surface area (Å²) >= 11 is 0. The molecule has 1 aromatic rings. The van der Waals surface area contributed by atoms with E-state index < -0.39 is 11.6 Å². The molecule has 0 aromatic carbocycles. The lowest BCUT2D eigenvalue weighted by Crippen LogP contribution is -2.29. The van der Waals surface area contributed by atoms with Crippen molar-refractivity contribution in [2.75, 3.05) is 13.7 Å². The molecule has 2 heterocycles. The van der Waals surface area contributed by atoms with Gasteiger partial charge in [-0.3, -0.25) is 4.79 Å². The van der Waals surface area contributed by atoms with Crippen LogP contribution in [0, 0.1) is 19.3 Å². The van der Waals surface area contributed by atoms with Gasteiger partial charge in [0.05, 0.1) is 12.7 Å². The maximum absolute atomic E-state index is 12.4. The first-order chi connectivity index (χ1) is 11.5. The molecular weight excluding hydrogens is 308 g/mol. The molecule has 0 spiro atoms. The number of methoxy groups -OCH3 is 1. The third kappa shape index (κ3) is 3.65. The molecule has 0 atom stereocenters. The van der Waals surface area contributed by atoms with E-state index >= 15 is 0 Å². The number of hydrogen-bond acceptors (Lipinski definition) is 5. The van der Waals surface area contributed by atoms with Crippen LogP contribution in [0.15, 0.2) is 10.2 Å². The molecule has 0 fully saturated rings. The highest BCUT2D eigenvalue weighted by Crippen LogP contribution is 2.36. The van der Waals surface area contributed by atoms with Crippen LogP contribution in [0.2, 0.25) is 0 Å². The Morgan fingerprint density at radius 3 is 2.62 bits per heavy atom. The predicted molar refractivity (Wildman–Crippen MR) is 88.9 cm³/mol. The number of carbonyl (C=O) groups excluding carboxylic acids is 2. The summed E-state index contributed by atoms with van der Waals surface area (Å²) in [6.07, 6.45) is 7.78. The Kier molecular flexibility index (Phi) is 5.39. The number of ether oxygens (including phenoxy) is 1. The van der Waals surface area contributed by atoms with E-state index in [1.165, 1.54) is 7.11 Å². The Morgan fingerprint density at radius 1 is 1.38 bits per heavy atom. The number of terminal acetylenes is 1. The van der Waals surface area contributed by atoms with Crippen molar-refractivity contribution in [3.05, 3.63) is 22.5 Å². The lowest BCUT2D eigenvalue weighted by Gasteiger charge is -2.09. The van der Waals surface area contributed by atoms with Gasteiger partial charge in [0.1, 0.15) is 5.69 Å². The lowest BCUT2D eigenvalue weighted by atomic mass is 10.0. The van der Waals surface area contributed by atoms with Gasteiger partial charge in [-0.1, -0.05) is 6.92 Å². The third-order valence-corrected chi connectivity index (χ3v) is 4.16. The number of carbonyl (C=O) groups is 2. The van der Waals surface area contributed by atoms with E-state index in [0.29, 0.717) is 54.7 Å². The Hall–Kier alpha value is -2.62. The van der Waals surface area contributed by atoms with Gasteiger partial charge < -0.3 is 15.0 Å². The van der Waals surface area contributed by atoms with Gasteiger partial charge in [-0.15, -0.1) is 12.3 Å². The van der Waals surface area contributed by atoms with E-state index in [2.05, 4.69) is 26.4 Å². The SMILES string of the molecule is C#CCCC1(CCNC(=O)c2[nH]c(CC)c(C(=O)OC)c2C)N=N1. The number of nitrogens with zero attached hydrogens (tertiary/aromatic N) is 2. The fraction of sp³-hybridized carbons (Fsp3) is 0.529. The third-order valence-electron chi connectivity index (χ3n) is 4.16. The minimum absolute atomic E-state index is 0.259. The second kappa shape index (κ2) is 7.30. The van der Waals surface area contributed by atoms with E-state index in [0.717, 1.165) is 0 Å². The van der Waals surface area contributed by atoms with E-state index in [4.69, 9.17) is 11.2 Å². The monoisotopic (exact) mass is 330 g/mol. The first-order valence-corrected chi connectivity index (χ1v) is 7.93. The second-order valence-corrected chi connectivity index (χ2v) is 5.72. The average molecular weight is 330 g/mol. The van der Waals surface area contributed by atoms with Crippen LogP contribution in [-0.2, 0) is 11.2 Å². The molecule has 7 heteroatoms. The summed E-state index contributed by atoms with van der Waals surface area (Å²) in [5, 5.41) is 10.9. The highest BCUT2D eigenvalue weighted by molar-refractivity contribution is 6.00. The average Bonchev–Trinajstić information content (AvgIpc) is 3.27. The summed E-state index contributed by atoms with van der Waals surface area (Å²) in [5.41, 5.74) is 1.69. The summed E-state index contributed by atoms with van der Waals surface area (Å²) in [6, 6.07) is 0. The molecule has 1 aromatic heterocycles. The molecule has 0 saturated carbocycles. The molecule has 2 rings (SSSR count). The molecule has 0 saturated heterocycles. The molecule has 1 aliphatic heterocycles. The molecule has 1 amide bonds. The Balaban J connectivity index is 1.99. The second-order valence-electron chi connectivity index (χ2n) is 5.72. The van der Waals surface area contributed by atoms with Crippen LogP contribution < -0.4 is 5.32 Å². The number of rotatable bonds is 8. The number of esters is 1. The molecular formula is C17H22N4O3. The Morgan fingerprint density at radius 2 is 2.08 bits per heavy atom. The molecule has 0 bridgehead atoms. The zero-order valence-corrected chi connectivity index (χ0v) is 14.2. The van der Waals surface area contributed by atoms with Crippen LogP contribution in [0.3, 0.4) is 0 Å². The zero-order valence-electron chi connectivity index (χ0n) is 14.2. The fourth-order valence-electron chi connectivity index (χ4n) is 2.66. The summed E-state index contributed by atoms with van der Waals surface area (Å²) in [7, 11) is 1.33. The van der Waals surface area contributed by atoms with E-state index in [1.54, 1.807) is 6.92 Å². The van der Waals surface area contributed by atoms with Crippen LogP contribution in [0.4, 0.5) is 0 Å². The molecule has 24 heavy (non-hydrogen) atoms. The summed E-state index contributed by atoms with van der Waals surface area (Å²) < 4.78 is 4.79. The number of aryl methyl sites for hydroxylation is 1. The molecule has 0 radical (unpaired) electrons. The molecule has 0 unspecified atom stereocenters. The van der Waals surface area contributed by atoms with Crippen molar-refractivity contribution < 1.29 is 14.3 Å². The first-order valence-electron chi connectivity index (χ1n) is 7.93. The number of amides is 1. The van der Waals surface area contributed by atoms with Crippen molar-refractivity contribution in [3.8, 4) is 12.3 Å². The van der Waals surface area contributed by atoms with Crippen molar-refractivity contribution in [3.63, 3.8) is 0 Å². The highest BCUT2D eigenvalue weighted by atomic mass is 16.5.